The molecule has 0 saturated carbocycles. The van der Waals surface area contributed by atoms with E-state index < -0.39 is 0 Å². The van der Waals surface area contributed by atoms with E-state index in [1.54, 1.807) is 13.3 Å². The highest BCUT2D eigenvalue weighted by Crippen LogP contribution is 2.37. The second kappa shape index (κ2) is 5.38. The van der Waals surface area contributed by atoms with E-state index in [0.717, 1.165) is 16.5 Å². The topological polar surface area (TPSA) is 58.2 Å². The second-order valence-corrected chi connectivity index (χ2v) is 5.52. The zero-order valence-corrected chi connectivity index (χ0v) is 12.9. The number of halogens is 1. The number of fused-ring (bicyclic) bond motifs is 1. The van der Waals surface area contributed by atoms with Gasteiger partial charge in [0.2, 0.25) is 0 Å². The van der Waals surface area contributed by atoms with Crippen LogP contribution in [0.1, 0.15) is 16.7 Å². The van der Waals surface area contributed by atoms with Crippen LogP contribution in [0.3, 0.4) is 0 Å². The number of aromatic nitrogens is 1. The predicted octanol–water partition coefficient (Wildman–Crippen LogP) is 3.17. The van der Waals surface area contributed by atoms with Crippen LogP contribution >= 0.6 is 30.3 Å². The molecule has 1 heterocycles. The van der Waals surface area contributed by atoms with E-state index in [-0.39, 0.29) is 6.61 Å². The van der Waals surface area contributed by atoms with Gasteiger partial charge in [0.25, 0.3) is 0 Å². The molecule has 1 aromatic heterocycles. The fourth-order valence-corrected chi connectivity index (χ4v) is 3.50. The largest absolute Gasteiger partial charge is 0.496 e. The summed E-state index contributed by atoms with van der Waals surface area (Å²) in [5.74, 6) is 0.621. The number of hydrogen-bond acceptors (Lipinski definition) is 4. The molecule has 0 aliphatic carbocycles. The monoisotopic (exact) mass is 374 g/mol. The summed E-state index contributed by atoms with van der Waals surface area (Å²) >= 11 is 2.17. The minimum atomic E-state index is -0.148. The molecule has 94 valence electrons. The molecule has 4 nitrogen and oxygen atoms in total. The van der Waals surface area contributed by atoms with Gasteiger partial charge in [-0.3, -0.25) is 3.97 Å². The third kappa shape index (κ3) is 1.96. The Hall–Kier alpha value is -0.910. The first-order valence-corrected chi connectivity index (χ1v) is 8.51. The van der Waals surface area contributed by atoms with Gasteiger partial charge in [-0.15, -0.1) is 0 Å². The van der Waals surface area contributed by atoms with Crippen molar-refractivity contribution >= 4 is 41.2 Å². The Kier molecular flexibility index (Phi) is 4.04. The third-order valence-electron chi connectivity index (χ3n) is 2.87. The maximum absolute atomic E-state index is 9.53. The molecule has 0 saturated heterocycles. The molecule has 0 fully saturated rings. The molecule has 1 N–H and O–H groups in total. The molecule has 0 aliphatic rings. The van der Waals surface area contributed by atoms with Gasteiger partial charge in [0.1, 0.15) is 11.8 Å². The van der Waals surface area contributed by atoms with Crippen molar-refractivity contribution in [2.75, 3.05) is 7.11 Å². The number of methoxy groups -OCH3 is 1. The van der Waals surface area contributed by atoms with Crippen molar-refractivity contribution in [1.29, 1.82) is 5.26 Å². The average Bonchev–Trinajstić information content (AvgIpc) is 2.77. The Morgan fingerprint density at radius 3 is 2.83 bits per heavy atom. The van der Waals surface area contributed by atoms with Gasteiger partial charge in [0.05, 0.1) is 24.8 Å². The van der Waals surface area contributed by atoms with Crippen LogP contribution in [-0.2, 0) is 6.61 Å². The molecule has 0 spiro atoms. The van der Waals surface area contributed by atoms with Crippen LogP contribution in [0.15, 0.2) is 12.3 Å². The van der Waals surface area contributed by atoms with E-state index in [4.69, 9.17) is 4.74 Å². The first kappa shape index (κ1) is 13.5. The SMILES string of the molecule is COc1cc(C)c2c(c(C#N)cn2SI)c1CO. The number of hydrogen-bond donors (Lipinski definition) is 1. The molecule has 0 atom stereocenters. The first-order valence-electron chi connectivity index (χ1n) is 5.19. The van der Waals surface area contributed by atoms with E-state index in [2.05, 4.69) is 27.3 Å². The number of aliphatic hydroxyl groups excluding tert-OH is 1. The predicted molar refractivity (Wildman–Crippen MR) is 80.9 cm³/mol. The second-order valence-electron chi connectivity index (χ2n) is 3.81. The standard InChI is InChI=1S/C12H11IN2O2S/c1-7-3-10(17-2)9(6-16)11-8(4-14)5-15(18-13)12(7)11/h3,5,16H,6H2,1-2H3. The number of rotatable bonds is 3. The lowest BCUT2D eigenvalue weighted by Gasteiger charge is -2.11. The molecule has 2 rings (SSSR count). The fraction of sp³-hybridized carbons (Fsp3) is 0.250. The molecular weight excluding hydrogens is 363 g/mol. The van der Waals surface area contributed by atoms with E-state index in [0.29, 0.717) is 16.9 Å². The minimum Gasteiger partial charge on any atom is -0.496 e. The molecule has 0 aliphatic heterocycles. The Morgan fingerprint density at radius 2 is 2.33 bits per heavy atom. The lowest BCUT2D eigenvalue weighted by atomic mass is 10.0. The fourth-order valence-electron chi connectivity index (χ4n) is 2.11. The Balaban J connectivity index is 2.97. The summed E-state index contributed by atoms with van der Waals surface area (Å²) in [5, 5.41) is 19.5. The Morgan fingerprint density at radius 1 is 1.61 bits per heavy atom. The maximum Gasteiger partial charge on any atom is 0.125 e. The summed E-state index contributed by atoms with van der Waals surface area (Å²) in [4.78, 5) is 0. The first-order chi connectivity index (χ1) is 8.67. The van der Waals surface area contributed by atoms with E-state index in [9.17, 15) is 10.4 Å². The molecule has 0 unspecified atom stereocenters. The van der Waals surface area contributed by atoms with Crippen LogP contribution in [0.2, 0.25) is 0 Å². The van der Waals surface area contributed by atoms with Crippen molar-refractivity contribution < 1.29 is 9.84 Å². The highest BCUT2D eigenvalue weighted by Gasteiger charge is 2.18. The van der Waals surface area contributed by atoms with Crippen LogP contribution < -0.4 is 4.74 Å². The van der Waals surface area contributed by atoms with Gasteiger partial charge >= 0.3 is 0 Å². The van der Waals surface area contributed by atoms with Crippen LogP contribution in [0.25, 0.3) is 10.9 Å². The minimum absolute atomic E-state index is 0.148. The van der Waals surface area contributed by atoms with Gasteiger partial charge in [0.15, 0.2) is 0 Å². The van der Waals surface area contributed by atoms with Crippen molar-refractivity contribution in [3.05, 3.63) is 29.0 Å². The lowest BCUT2D eigenvalue weighted by molar-refractivity contribution is 0.275. The van der Waals surface area contributed by atoms with E-state index >= 15 is 0 Å². The molecule has 1 aromatic carbocycles. The van der Waals surface area contributed by atoms with Crippen molar-refractivity contribution in [1.82, 2.24) is 3.97 Å². The van der Waals surface area contributed by atoms with Crippen LogP contribution in [0, 0.1) is 18.3 Å². The number of aryl methyl sites for hydroxylation is 1. The quantitative estimate of drug-likeness (QED) is 0.839. The number of ether oxygens (including phenoxy) is 1. The van der Waals surface area contributed by atoms with Gasteiger partial charge in [-0.05, 0) is 18.6 Å². The van der Waals surface area contributed by atoms with Gasteiger partial charge in [-0.25, -0.2) is 0 Å². The Bertz CT molecular complexity index is 646. The van der Waals surface area contributed by atoms with Crippen LogP contribution in [-0.4, -0.2) is 16.2 Å². The van der Waals surface area contributed by atoms with E-state index in [1.807, 2.05) is 17.0 Å². The molecule has 0 amide bonds. The van der Waals surface area contributed by atoms with Crippen molar-refractivity contribution in [2.45, 2.75) is 13.5 Å². The lowest BCUT2D eigenvalue weighted by Crippen LogP contribution is -1.96. The normalized spacial score (nSPS) is 10.6. The summed E-state index contributed by atoms with van der Waals surface area (Å²) < 4.78 is 7.21. The van der Waals surface area contributed by atoms with Gasteiger partial charge in [-0.1, -0.05) is 0 Å². The Labute approximate surface area is 121 Å². The number of benzene rings is 1. The zero-order valence-electron chi connectivity index (χ0n) is 9.90. The third-order valence-corrected chi connectivity index (χ3v) is 4.58. The van der Waals surface area contributed by atoms with Crippen molar-refractivity contribution in [2.24, 2.45) is 0 Å². The molecule has 0 radical (unpaired) electrons. The van der Waals surface area contributed by atoms with Crippen molar-refractivity contribution in [3.63, 3.8) is 0 Å². The molecule has 6 heteroatoms. The number of aliphatic hydroxyl groups is 1. The summed E-state index contributed by atoms with van der Waals surface area (Å²) in [7, 11) is 3.06. The highest BCUT2D eigenvalue weighted by molar-refractivity contribution is 14.2. The van der Waals surface area contributed by atoms with Gasteiger partial charge in [-0.2, -0.15) is 5.26 Å². The van der Waals surface area contributed by atoms with Gasteiger partial charge < -0.3 is 9.84 Å². The smallest absolute Gasteiger partial charge is 0.125 e. The van der Waals surface area contributed by atoms with Crippen molar-refractivity contribution in [3.8, 4) is 11.8 Å². The molecule has 0 bridgehead atoms. The summed E-state index contributed by atoms with van der Waals surface area (Å²) in [6.45, 7) is 1.82. The zero-order chi connectivity index (χ0) is 13.3. The van der Waals surface area contributed by atoms with E-state index in [1.165, 1.54) is 9.12 Å². The number of nitriles is 1. The molecular formula is C12H11IN2O2S. The van der Waals surface area contributed by atoms with Crippen LogP contribution in [0.4, 0.5) is 0 Å². The summed E-state index contributed by atoms with van der Waals surface area (Å²) in [6.07, 6.45) is 1.79. The van der Waals surface area contributed by atoms with Crippen LogP contribution in [0.5, 0.6) is 5.75 Å². The number of nitrogens with zero attached hydrogens (tertiary/aromatic N) is 2. The highest BCUT2D eigenvalue weighted by atomic mass is 127. The van der Waals surface area contributed by atoms with Gasteiger partial charge in [0, 0.05) is 47.5 Å². The average molecular weight is 374 g/mol. The molecule has 2 aromatic rings. The summed E-state index contributed by atoms with van der Waals surface area (Å²) in [6, 6.07) is 4.06. The molecule has 18 heavy (non-hydrogen) atoms. The maximum atomic E-state index is 9.53. The summed E-state index contributed by atoms with van der Waals surface area (Å²) in [5.41, 5.74) is 3.19.